The quantitative estimate of drug-likeness (QED) is 0.732. The SMILES string of the molecule is Cc1cccc(NC(=O)C2(c3cc(-c4ccc5c(c4)OCO5)on3)CC2)c1C. The van der Waals surface area contributed by atoms with Crippen LogP contribution in [0, 0.1) is 13.8 Å². The number of anilines is 1. The van der Waals surface area contributed by atoms with Crippen LogP contribution >= 0.6 is 0 Å². The van der Waals surface area contributed by atoms with E-state index in [1.54, 1.807) is 0 Å². The second kappa shape index (κ2) is 6.12. The molecule has 3 aromatic rings. The van der Waals surface area contributed by atoms with Gasteiger partial charge in [0.1, 0.15) is 0 Å². The Morgan fingerprint density at radius 3 is 2.71 bits per heavy atom. The first-order valence-corrected chi connectivity index (χ1v) is 9.32. The summed E-state index contributed by atoms with van der Waals surface area (Å²) < 4.78 is 16.3. The van der Waals surface area contributed by atoms with Crippen molar-refractivity contribution in [3.8, 4) is 22.8 Å². The number of carbonyl (C=O) groups is 1. The largest absolute Gasteiger partial charge is 0.454 e. The van der Waals surface area contributed by atoms with Crippen LogP contribution in [0.25, 0.3) is 11.3 Å². The highest BCUT2D eigenvalue weighted by Crippen LogP contribution is 2.49. The predicted molar refractivity (Wildman–Crippen MR) is 104 cm³/mol. The highest BCUT2D eigenvalue weighted by Gasteiger charge is 2.54. The summed E-state index contributed by atoms with van der Waals surface area (Å²) in [7, 11) is 0. The van der Waals surface area contributed by atoms with Gasteiger partial charge in [-0.05, 0) is 62.1 Å². The fraction of sp³-hybridized carbons (Fsp3) is 0.273. The average Bonchev–Trinajstić information content (AvgIpc) is 3.14. The van der Waals surface area contributed by atoms with Crippen molar-refractivity contribution >= 4 is 11.6 Å². The van der Waals surface area contributed by atoms with Crippen molar-refractivity contribution in [2.45, 2.75) is 32.1 Å². The number of aryl methyl sites for hydroxylation is 1. The number of nitrogens with one attached hydrogen (secondary N) is 1. The maximum absolute atomic E-state index is 13.0. The molecular weight excluding hydrogens is 356 g/mol. The Kier molecular flexibility index (Phi) is 3.69. The molecule has 1 saturated carbocycles. The van der Waals surface area contributed by atoms with Gasteiger partial charge in [-0.2, -0.15) is 0 Å². The van der Waals surface area contributed by atoms with Crippen molar-refractivity contribution < 1.29 is 18.8 Å². The summed E-state index contributed by atoms with van der Waals surface area (Å²) in [4.78, 5) is 13.0. The number of aromatic nitrogens is 1. The van der Waals surface area contributed by atoms with Crippen molar-refractivity contribution in [2.75, 3.05) is 12.1 Å². The number of amides is 1. The summed E-state index contributed by atoms with van der Waals surface area (Å²) in [5.41, 5.74) is 3.96. The molecule has 1 aromatic heterocycles. The van der Waals surface area contributed by atoms with Gasteiger partial charge in [-0.15, -0.1) is 0 Å². The zero-order valence-electron chi connectivity index (χ0n) is 15.7. The summed E-state index contributed by atoms with van der Waals surface area (Å²) in [6, 6.07) is 13.4. The fourth-order valence-electron chi connectivity index (χ4n) is 3.54. The van der Waals surface area contributed by atoms with Crippen LogP contribution in [-0.4, -0.2) is 17.9 Å². The fourth-order valence-corrected chi connectivity index (χ4v) is 3.54. The minimum absolute atomic E-state index is 0.0354. The molecule has 0 saturated heterocycles. The molecule has 6 nitrogen and oxygen atoms in total. The molecule has 1 N–H and O–H groups in total. The van der Waals surface area contributed by atoms with Crippen molar-refractivity contribution in [3.05, 3.63) is 59.3 Å². The zero-order valence-corrected chi connectivity index (χ0v) is 15.7. The van der Waals surface area contributed by atoms with Gasteiger partial charge in [-0.3, -0.25) is 4.79 Å². The minimum atomic E-state index is -0.617. The molecule has 2 heterocycles. The molecule has 0 unspecified atom stereocenters. The molecule has 0 spiro atoms. The Morgan fingerprint density at radius 2 is 1.89 bits per heavy atom. The summed E-state index contributed by atoms with van der Waals surface area (Å²) in [6.45, 7) is 4.27. The minimum Gasteiger partial charge on any atom is -0.454 e. The Hall–Kier alpha value is -3.28. The number of rotatable bonds is 4. The number of hydrogen-bond acceptors (Lipinski definition) is 5. The van der Waals surface area contributed by atoms with E-state index in [2.05, 4.69) is 10.5 Å². The third-order valence-corrected chi connectivity index (χ3v) is 5.70. The Bertz CT molecular complexity index is 1080. The highest BCUT2D eigenvalue weighted by molar-refractivity contribution is 6.01. The van der Waals surface area contributed by atoms with E-state index in [1.807, 2.05) is 56.3 Å². The summed E-state index contributed by atoms with van der Waals surface area (Å²) in [5, 5.41) is 7.29. The van der Waals surface area contributed by atoms with Crippen LogP contribution in [0.1, 0.15) is 29.7 Å². The highest BCUT2D eigenvalue weighted by atomic mass is 16.7. The summed E-state index contributed by atoms with van der Waals surface area (Å²) in [6.07, 6.45) is 1.52. The van der Waals surface area contributed by atoms with E-state index in [4.69, 9.17) is 14.0 Å². The van der Waals surface area contributed by atoms with Crippen LogP contribution in [0.2, 0.25) is 0 Å². The van der Waals surface area contributed by atoms with E-state index in [0.29, 0.717) is 17.2 Å². The normalized spacial score (nSPS) is 16.1. The summed E-state index contributed by atoms with van der Waals surface area (Å²) >= 11 is 0. The predicted octanol–water partition coefficient (Wildman–Crippen LogP) is 4.36. The molecule has 28 heavy (non-hydrogen) atoms. The van der Waals surface area contributed by atoms with Gasteiger partial charge >= 0.3 is 0 Å². The third-order valence-electron chi connectivity index (χ3n) is 5.70. The Labute approximate surface area is 162 Å². The first-order chi connectivity index (χ1) is 13.6. The van der Waals surface area contributed by atoms with Crippen LogP contribution in [0.4, 0.5) is 5.69 Å². The van der Waals surface area contributed by atoms with Crippen LogP contribution in [0.5, 0.6) is 11.5 Å². The molecule has 5 rings (SSSR count). The van der Waals surface area contributed by atoms with E-state index in [-0.39, 0.29) is 12.7 Å². The lowest BCUT2D eigenvalue weighted by molar-refractivity contribution is -0.118. The van der Waals surface area contributed by atoms with Crippen LogP contribution in [-0.2, 0) is 10.2 Å². The number of carbonyl (C=O) groups excluding carboxylic acids is 1. The van der Waals surface area contributed by atoms with Gasteiger partial charge in [0.25, 0.3) is 0 Å². The molecule has 1 fully saturated rings. The van der Waals surface area contributed by atoms with E-state index >= 15 is 0 Å². The number of fused-ring (bicyclic) bond motifs is 1. The van der Waals surface area contributed by atoms with Gasteiger partial charge < -0.3 is 19.3 Å². The van der Waals surface area contributed by atoms with Gasteiger partial charge in [0.05, 0.1) is 11.1 Å². The molecule has 6 heteroatoms. The molecule has 1 amide bonds. The lowest BCUT2D eigenvalue weighted by atomic mass is 9.99. The van der Waals surface area contributed by atoms with Crippen LogP contribution in [0.15, 0.2) is 47.0 Å². The van der Waals surface area contributed by atoms with E-state index in [9.17, 15) is 4.79 Å². The molecule has 0 radical (unpaired) electrons. The molecule has 2 aromatic carbocycles. The standard InChI is InChI=1S/C22H20N2O4/c1-13-4-3-5-16(14(13)2)23-21(25)22(8-9-22)20-11-18(28-24-20)15-6-7-17-19(10-15)27-12-26-17/h3-7,10-11H,8-9,12H2,1-2H3,(H,23,25). The molecule has 142 valence electrons. The van der Waals surface area contributed by atoms with Gasteiger partial charge in [0.2, 0.25) is 12.7 Å². The maximum Gasteiger partial charge on any atom is 0.236 e. The third kappa shape index (κ3) is 2.64. The second-order valence-corrected chi connectivity index (χ2v) is 7.43. The topological polar surface area (TPSA) is 73.6 Å². The molecule has 2 aliphatic rings. The summed E-state index contributed by atoms with van der Waals surface area (Å²) in [5.74, 6) is 1.98. The van der Waals surface area contributed by atoms with E-state index in [0.717, 1.165) is 41.0 Å². The van der Waals surface area contributed by atoms with Crippen LogP contribution < -0.4 is 14.8 Å². The first kappa shape index (κ1) is 16.9. The number of benzene rings is 2. The van der Waals surface area contributed by atoms with Gasteiger partial charge in [-0.25, -0.2) is 0 Å². The molecule has 1 aliphatic carbocycles. The van der Waals surface area contributed by atoms with E-state index in [1.165, 1.54) is 0 Å². The Morgan fingerprint density at radius 1 is 1.07 bits per heavy atom. The van der Waals surface area contributed by atoms with Gasteiger partial charge in [0, 0.05) is 17.3 Å². The molecular formula is C22H20N2O4. The van der Waals surface area contributed by atoms with Gasteiger partial charge in [0.15, 0.2) is 17.3 Å². The van der Waals surface area contributed by atoms with Crippen LogP contribution in [0.3, 0.4) is 0 Å². The first-order valence-electron chi connectivity index (χ1n) is 9.32. The van der Waals surface area contributed by atoms with Gasteiger partial charge in [-0.1, -0.05) is 17.3 Å². The average molecular weight is 376 g/mol. The maximum atomic E-state index is 13.0. The number of nitrogens with zero attached hydrogens (tertiary/aromatic N) is 1. The van der Waals surface area contributed by atoms with Crippen molar-refractivity contribution in [1.82, 2.24) is 5.16 Å². The van der Waals surface area contributed by atoms with Crippen molar-refractivity contribution in [1.29, 1.82) is 0 Å². The smallest absolute Gasteiger partial charge is 0.236 e. The number of ether oxygens (including phenoxy) is 2. The van der Waals surface area contributed by atoms with Crippen molar-refractivity contribution in [2.24, 2.45) is 0 Å². The molecule has 0 atom stereocenters. The second-order valence-electron chi connectivity index (χ2n) is 7.43. The molecule has 0 bridgehead atoms. The van der Waals surface area contributed by atoms with E-state index < -0.39 is 5.41 Å². The Balaban J connectivity index is 1.40. The monoisotopic (exact) mass is 376 g/mol. The number of hydrogen-bond donors (Lipinski definition) is 1. The molecule has 1 aliphatic heterocycles. The lowest BCUT2D eigenvalue weighted by Crippen LogP contribution is -2.28. The van der Waals surface area contributed by atoms with Crippen molar-refractivity contribution in [3.63, 3.8) is 0 Å². The lowest BCUT2D eigenvalue weighted by Gasteiger charge is -2.15. The zero-order chi connectivity index (χ0) is 19.3.